The second kappa shape index (κ2) is 5.69. The Hall–Kier alpha value is -2.35. The average molecular weight is 342 g/mol. The summed E-state index contributed by atoms with van der Waals surface area (Å²) in [5.41, 5.74) is 0.575. The van der Waals surface area contributed by atoms with Crippen LogP contribution in [0.25, 0.3) is 11.0 Å². The maximum absolute atomic E-state index is 12.5. The number of alkyl halides is 3. The highest BCUT2D eigenvalue weighted by Gasteiger charge is 2.29. The third-order valence-electron chi connectivity index (χ3n) is 3.31. The van der Waals surface area contributed by atoms with E-state index in [2.05, 4.69) is 20.4 Å². The van der Waals surface area contributed by atoms with Crippen LogP contribution in [0.2, 0.25) is 5.28 Å². The smallest absolute Gasteiger partial charge is 0.365 e. The summed E-state index contributed by atoms with van der Waals surface area (Å²) in [7, 11) is 1.73. The molecule has 0 aliphatic rings. The molecule has 2 aromatic heterocycles. The molecule has 0 aliphatic heterocycles. The molecular weight excluding hydrogens is 331 g/mol. The van der Waals surface area contributed by atoms with Crippen molar-refractivity contribution >= 4 is 28.5 Å². The molecule has 23 heavy (non-hydrogen) atoms. The summed E-state index contributed by atoms with van der Waals surface area (Å²) in [6.07, 6.45) is -2.74. The first-order valence-electron chi connectivity index (χ1n) is 6.60. The highest BCUT2D eigenvalue weighted by molar-refractivity contribution is 6.28. The first-order valence-corrected chi connectivity index (χ1v) is 6.97. The molecule has 0 saturated carbocycles. The zero-order chi connectivity index (χ0) is 16.6. The summed E-state index contributed by atoms with van der Waals surface area (Å²) < 4.78 is 39.2. The van der Waals surface area contributed by atoms with Crippen LogP contribution in [0.5, 0.6) is 0 Å². The highest BCUT2D eigenvalue weighted by atomic mass is 35.5. The number of nitrogens with one attached hydrogen (secondary N) is 1. The molecule has 0 aliphatic carbocycles. The van der Waals surface area contributed by atoms with Gasteiger partial charge in [0, 0.05) is 13.6 Å². The monoisotopic (exact) mass is 341 g/mol. The largest absolute Gasteiger partial charge is 0.416 e. The molecule has 9 heteroatoms. The van der Waals surface area contributed by atoms with E-state index in [4.69, 9.17) is 11.6 Å². The molecule has 2 heterocycles. The van der Waals surface area contributed by atoms with Crippen LogP contribution in [0.15, 0.2) is 30.5 Å². The second-order valence-corrected chi connectivity index (χ2v) is 5.23. The molecule has 1 N–H and O–H groups in total. The Labute approximate surface area is 134 Å². The fourth-order valence-corrected chi connectivity index (χ4v) is 2.29. The van der Waals surface area contributed by atoms with Crippen LogP contribution in [0.4, 0.5) is 19.0 Å². The van der Waals surface area contributed by atoms with Crippen LogP contribution >= 0.6 is 11.6 Å². The molecule has 3 rings (SSSR count). The van der Waals surface area contributed by atoms with Gasteiger partial charge in [0.25, 0.3) is 0 Å². The summed E-state index contributed by atoms with van der Waals surface area (Å²) in [6.45, 7) is 0.301. The highest BCUT2D eigenvalue weighted by Crippen LogP contribution is 2.29. The minimum absolute atomic E-state index is 0.0658. The van der Waals surface area contributed by atoms with E-state index in [9.17, 15) is 13.2 Å². The lowest BCUT2D eigenvalue weighted by atomic mass is 10.1. The summed E-state index contributed by atoms with van der Waals surface area (Å²) in [5.74, 6) is 0.480. The van der Waals surface area contributed by atoms with Gasteiger partial charge in [0.2, 0.25) is 5.28 Å². The minimum Gasteiger partial charge on any atom is -0.365 e. The van der Waals surface area contributed by atoms with Gasteiger partial charge in [-0.1, -0.05) is 12.1 Å². The van der Waals surface area contributed by atoms with Gasteiger partial charge in [-0.3, -0.25) is 4.68 Å². The minimum atomic E-state index is -4.34. The first kappa shape index (κ1) is 15.5. The molecule has 0 fully saturated rings. The van der Waals surface area contributed by atoms with E-state index < -0.39 is 11.7 Å². The van der Waals surface area contributed by atoms with E-state index in [1.165, 1.54) is 12.1 Å². The van der Waals surface area contributed by atoms with Crippen LogP contribution in [-0.4, -0.2) is 19.7 Å². The zero-order valence-electron chi connectivity index (χ0n) is 11.9. The Morgan fingerprint density at radius 2 is 1.87 bits per heavy atom. The SMILES string of the molecule is Cn1ncc2c(NCc3ccc(C(F)(F)F)cc3)nc(Cl)nc21. The molecule has 0 amide bonds. The Bertz CT molecular complexity index is 842. The van der Waals surface area contributed by atoms with Crippen LogP contribution < -0.4 is 5.32 Å². The summed E-state index contributed by atoms with van der Waals surface area (Å²) in [4.78, 5) is 8.18. The van der Waals surface area contributed by atoms with Crippen molar-refractivity contribution in [2.45, 2.75) is 12.7 Å². The van der Waals surface area contributed by atoms with Gasteiger partial charge in [0.15, 0.2) is 5.65 Å². The van der Waals surface area contributed by atoms with E-state index in [-0.39, 0.29) is 5.28 Å². The Balaban J connectivity index is 1.81. The van der Waals surface area contributed by atoms with E-state index >= 15 is 0 Å². The van der Waals surface area contributed by atoms with E-state index in [0.717, 1.165) is 12.1 Å². The molecule has 1 aromatic carbocycles. The summed E-state index contributed by atoms with van der Waals surface area (Å²) >= 11 is 5.88. The van der Waals surface area contributed by atoms with Gasteiger partial charge in [0.1, 0.15) is 5.82 Å². The molecule has 0 atom stereocenters. The Kier molecular flexibility index (Phi) is 3.85. The zero-order valence-corrected chi connectivity index (χ0v) is 12.7. The number of benzene rings is 1. The van der Waals surface area contributed by atoms with Gasteiger partial charge < -0.3 is 5.32 Å². The van der Waals surface area contributed by atoms with Crippen molar-refractivity contribution in [3.05, 3.63) is 46.9 Å². The lowest BCUT2D eigenvalue weighted by Gasteiger charge is -2.09. The number of anilines is 1. The van der Waals surface area contributed by atoms with Crippen molar-refractivity contribution in [1.29, 1.82) is 0 Å². The Morgan fingerprint density at radius 1 is 1.17 bits per heavy atom. The number of hydrogen-bond acceptors (Lipinski definition) is 4. The van der Waals surface area contributed by atoms with Crippen molar-refractivity contribution in [2.75, 3.05) is 5.32 Å². The molecule has 5 nitrogen and oxygen atoms in total. The van der Waals surface area contributed by atoms with Gasteiger partial charge in [-0.15, -0.1) is 0 Å². The van der Waals surface area contributed by atoms with Crippen molar-refractivity contribution in [3.63, 3.8) is 0 Å². The molecule has 120 valence electrons. The van der Waals surface area contributed by atoms with Gasteiger partial charge in [-0.2, -0.15) is 28.2 Å². The molecule has 3 aromatic rings. The topological polar surface area (TPSA) is 55.6 Å². The fraction of sp³-hybridized carbons (Fsp3) is 0.214. The molecule has 0 saturated heterocycles. The Morgan fingerprint density at radius 3 is 2.52 bits per heavy atom. The average Bonchev–Trinajstić information content (AvgIpc) is 2.86. The molecule has 0 radical (unpaired) electrons. The third kappa shape index (κ3) is 3.21. The van der Waals surface area contributed by atoms with Crippen molar-refractivity contribution in [2.24, 2.45) is 7.05 Å². The number of fused-ring (bicyclic) bond motifs is 1. The lowest BCUT2D eigenvalue weighted by molar-refractivity contribution is -0.137. The van der Waals surface area contributed by atoms with Crippen molar-refractivity contribution in [3.8, 4) is 0 Å². The van der Waals surface area contributed by atoms with Crippen molar-refractivity contribution in [1.82, 2.24) is 19.7 Å². The van der Waals surface area contributed by atoms with Crippen LogP contribution in [0.1, 0.15) is 11.1 Å². The second-order valence-electron chi connectivity index (χ2n) is 4.89. The number of aryl methyl sites for hydroxylation is 1. The van der Waals surface area contributed by atoms with Gasteiger partial charge >= 0.3 is 6.18 Å². The number of halogens is 4. The molecule has 0 bridgehead atoms. The molecule has 0 unspecified atom stereocenters. The van der Waals surface area contributed by atoms with Gasteiger partial charge in [0.05, 0.1) is 17.1 Å². The maximum atomic E-state index is 12.5. The van der Waals surface area contributed by atoms with Crippen LogP contribution in [-0.2, 0) is 19.8 Å². The predicted octanol–water partition coefficient (Wildman–Crippen LogP) is 3.65. The van der Waals surface area contributed by atoms with E-state index in [0.29, 0.717) is 29.0 Å². The number of aromatic nitrogens is 4. The molecular formula is C14H11ClF3N5. The van der Waals surface area contributed by atoms with Crippen LogP contribution in [0.3, 0.4) is 0 Å². The number of rotatable bonds is 3. The normalized spacial score (nSPS) is 11.9. The number of nitrogens with zero attached hydrogens (tertiary/aromatic N) is 4. The quantitative estimate of drug-likeness (QED) is 0.739. The van der Waals surface area contributed by atoms with Crippen LogP contribution in [0, 0.1) is 0 Å². The molecule has 0 spiro atoms. The van der Waals surface area contributed by atoms with Gasteiger partial charge in [-0.25, -0.2) is 0 Å². The number of hydrogen-bond donors (Lipinski definition) is 1. The predicted molar refractivity (Wildman–Crippen MR) is 80.1 cm³/mol. The third-order valence-corrected chi connectivity index (χ3v) is 3.48. The lowest BCUT2D eigenvalue weighted by Crippen LogP contribution is -2.06. The van der Waals surface area contributed by atoms with E-state index in [1.54, 1.807) is 17.9 Å². The summed E-state index contributed by atoms with van der Waals surface area (Å²) in [6, 6.07) is 4.92. The standard InChI is InChI=1S/C14H11ClF3N5/c1-23-12-10(7-20-23)11(21-13(15)22-12)19-6-8-2-4-9(5-3-8)14(16,17)18/h2-5,7H,6H2,1H3,(H,19,21,22). The van der Waals surface area contributed by atoms with Crippen molar-refractivity contribution < 1.29 is 13.2 Å². The van der Waals surface area contributed by atoms with Gasteiger partial charge in [-0.05, 0) is 29.3 Å². The van der Waals surface area contributed by atoms with E-state index in [1.807, 2.05) is 0 Å². The fourth-order valence-electron chi connectivity index (χ4n) is 2.13. The first-order chi connectivity index (χ1) is 10.8. The maximum Gasteiger partial charge on any atom is 0.416 e. The summed E-state index contributed by atoms with van der Waals surface area (Å²) in [5, 5.41) is 7.88.